The minimum atomic E-state index is -0.381. The number of hydrogen-bond donors (Lipinski definition) is 1. The summed E-state index contributed by atoms with van der Waals surface area (Å²) in [5, 5.41) is 12.6. The molecule has 2 aromatic rings. The van der Waals surface area contributed by atoms with Gasteiger partial charge in [-0.1, -0.05) is 6.92 Å². The van der Waals surface area contributed by atoms with Crippen LogP contribution in [0.1, 0.15) is 25.5 Å². The molecule has 2 unspecified atom stereocenters. The number of rotatable bonds is 2. The first-order valence-corrected chi connectivity index (χ1v) is 5.44. The molecule has 0 aliphatic rings. The molecule has 0 aliphatic carbocycles. The van der Waals surface area contributed by atoms with Crippen molar-refractivity contribution in [2.45, 2.75) is 25.9 Å². The molecule has 2 atom stereocenters. The highest BCUT2D eigenvalue weighted by Crippen LogP contribution is 2.27. The molecule has 0 amide bonds. The molecular weight excluding hydrogens is 196 g/mol. The van der Waals surface area contributed by atoms with Crippen molar-refractivity contribution >= 4 is 21.6 Å². The smallest absolute Gasteiger partial charge is 0.126 e. The zero-order valence-corrected chi connectivity index (χ0v) is 8.95. The van der Waals surface area contributed by atoms with Crippen molar-refractivity contribution in [1.82, 2.24) is 9.97 Å². The summed E-state index contributed by atoms with van der Waals surface area (Å²) < 4.78 is 0. The van der Waals surface area contributed by atoms with Crippen LogP contribution in [0.4, 0.5) is 0 Å². The third-order valence-electron chi connectivity index (χ3n) is 2.45. The zero-order valence-electron chi connectivity index (χ0n) is 8.14. The van der Waals surface area contributed by atoms with Gasteiger partial charge in [0.05, 0.1) is 11.8 Å². The molecule has 2 heterocycles. The lowest BCUT2D eigenvalue weighted by atomic mass is 10.00. The number of nitrogens with zero attached hydrogens (tertiary/aromatic N) is 2. The molecule has 2 rings (SSSR count). The number of thiophene rings is 1. The van der Waals surface area contributed by atoms with Gasteiger partial charge in [-0.15, -0.1) is 11.3 Å². The van der Waals surface area contributed by atoms with E-state index >= 15 is 0 Å². The zero-order chi connectivity index (χ0) is 10.1. The Labute approximate surface area is 86.4 Å². The SMILES string of the molecule is CC(O)C(C)c1ncnc2sccc12. The summed E-state index contributed by atoms with van der Waals surface area (Å²) in [6.07, 6.45) is 1.18. The van der Waals surface area contributed by atoms with Crippen molar-refractivity contribution in [2.24, 2.45) is 0 Å². The van der Waals surface area contributed by atoms with Gasteiger partial charge in [-0.3, -0.25) is 0 Å². The summed E-state index contributed by atoms with van der Waals surface area (Å²) >= 11 is 1.60. The highest BCUT2D eigenvalue weighted by molar-refractivity contribution is 7.16. The van der Waals surface area contributed by atoms with E-state index in [1.165, 1.54) is 0 Å². The van der Waals surface area contributed by atoms with Gasteiger partial charge in [-0.25, -0.2) is 9.97 Å². The molecule has 3 nitrogen and oxygen atoms in total. The first-order valence-electron chi connectivity index (χ1n) is 4.56. The molecule has 1 N–H and O–H groups in total. The lowest BCUT2D eigenvalue weighted by molar-refractivity contribution is 0.168. The predicted octanol–water partition coefficient (Wildman–Crippen LogP) is 2.18. The Kier molecular flexibility index (Phi) is 2.48. The first kappa shape index (κ1) is 9.55. The highest BCUT2D eigenvalue weighted by atomic mass is 32.1. The number of aliphatic hydroxyl groups is 1. The molecule has 4 heteroatoms. The fraction of sp³-hybridized carbons (Fsp3) is 0.400. The lowest BCUT2D eigenvalue weighted by Crippen LogP contribution is -2.12. The fourth-order valence-corrected chi connectivity index (χ4v) is 2.14. The number of hydrogen-bond acceptors (Lipinski definition) is 4. The Morgan fingerprint density at radius 2 is 2.14 bits per heavy atom. The van der Waals surface area contributed by atoms with E-state index in [1.54, 1.807) is 24.6 Å². The van der Waals surface area contributed by atoms with Crippen LogP contribution in [0.5, 0.6) is 0 Å². The van der Waals surface area contributed by atoms with Crippen LogP contribution < -0.4 is 0 Å². The molecule has 0 radical (unpaired) electrons. The van der Waals surface area contributed by atoms with E-state index in [0.717, 1.165) is 15.9 Å². The molecule has 0 saturated carbocycles. The van der Waals surface area contributed by atoms with Crippen molar-refractivity contribution in [3.05, 3.63) is 23.5 Å². The highest BCUT2D eigenvalue weighted by Gasteiger charge is 2.16. The maximum absolute atomic E-state index is 9.51. The topological polar surface area (TPSA) is 46.0 Å². The van der Waals surface area contributed by atoms with Crippen LogP contribution in [0.25, 0.3) is 10.2 Å². The van der Waals surface area contributed by atoms with Gasteiger partial charge in [-0.05, 0) is 18.4 Å². The molecule has 0 fully saturated rings. The standard InChI is InChI=1S/C10H12N2OS/c1-6(7(2)13)9-8-3-4-14-10(8)12-5-11-9/h3-7,13H,1-2H3. The maximum atomic E-state index is 9.51. The molecule has 0 aliphatic heterocycles. The summed E-state index contributed by atoms with van der Waals surface area (Å²) in [4.78, 5) is 9.39. The quantitative estimate of drug-likeness (QED) is 0.822. The second-order valence-electron chi connectivity index (χ2n) is 3.43. The summed E-state index contributed by atoms with van der Waals surface area (Å²) in [6, 6.07) is 2.01. The van der Waals surface area contributed by atoms with Crippen LogP contribution in [0.15, 0.2) is 17.8 Å². The van der Waals surface area contributed by atoms with Crippen molar-refractivity contribution in [3.63, 3.8) is 0 Å². The van der Waals surface area contributed by atoms with Gasteiger partial charge in [0, 0.05) is 11.3 Å². The van der Waals surface area contributed by atoms with Crippen LogP contribution in [0.3, 0.4) is 0 Å². The first-order chi connectivity index (χ1) is 6.70. The number of aromatic nitrogens is 2. The Bertz CT molecular complexity index is 438. The van der Waals surface area contributed by atoms with E-state index in [4.69, 9.17) is 0 Å². The van der Waals surface area contributed by atoms with Crippen LogP contribution >= 0.6 is 11.3 Å². The van der Waals surface area contributed by atoms with E-state index in [1.807, 2.05) is 18.4 Å². The van der Waals surface area contributed by atoms with Crippen molar-refractivity contribution in [1.29, 1.82) is 0 Å². The fourth-order valence-electron chi connectivity index (χ4n) is 1.40. The third kappa shape index (κ3) is 1.51. The van der Waals surface area contributed by atoms with E-state index < -0.39 is 0 Å². The summed E-state index contributed by atoms with van der Waals surface area (Å²) in [6.45, 7) is 3.76. The third-order valence-corrected chi connectivity index (χ3v) is 3.27. The van der Waals surface area contributed by atoms with Crippen LogP contribution in [-0.4, -0.2) is 21.2 Å². The van der Waals surface area contributed by atoms with Gasteiger partial charge < -0.3 is 5.11 Å². The van der Waals surface area contributed by atoms with Crippen molar-refractivity contribution < 1.29 is 5.11 Å². The van der Waals surface area contributed by atoms with E-state index in [9.17, 15) is 5.11 Å². The van der Waals surface area contributed by atoms with Crippen LogP contribution in [0, 0.1) is 0 Å². The van der Waals surface area contributed by atoms with Crippen molar-refractivity contribution in [3.8, 4) is 0 Å². The van der Waals surface area contributed by atoms with Crippen molar-refractivity contribution in [2.75, 3.05) is 0 Å². The Hall–Kier alpha value is -1.00. The van der Waals surface area contributed by atoms with Gasteiger partial charge in [0.2, 0.25) is 0 Å². The Morgan fingerprint density at radius 3 is 2.86 bits per heavy atom. The van der Waals surface area contributed by atoms with Gasteiger partial charge in [0.15, 0.2) is 0 Å². The van der Waals surface area contributed by atoms with Gasteiger partial charge in [0.25, 0.3) is 0 Å². The van der Waals surface area contributed by atoms with Crippen LogP contribution in [-0.2, 0) is 0 Å². The largest absolute Gasteiger partial charge is 0.393 e. The monoisotopic (exact) mass is 208 g/mol. The molecular formula is C10H12N2OS. The minimum absolute atomic E-state index is 0.0510. The molecule has 0 saturated heterocycles. The molecule has 0 spiro atoms. The van der Waals surface area contributed by atoms with E-state index in [0.29, 0.717) is 0 Å². The average Bonchev–Trinajstić information content (AvgIpc) is 2.63. The second-order valence-corrected chi connectivity index (χ2v) is 4.32. The summed E-state index contributed by atoms with van der Waals surface area (Å²) in [7, 11) is 0. The van der Waals surface area contributed by atoms with Crippen LogP contribution in [0.2, 0.25) is 0 Å². The molecule has 0 aromatic carbocycles. The van der Waals surface area contributed by atoms with Gasteiger partial charge in [-0.2, -0.15) is 0 Å². The lowest BCUT2D eigenvalue weighted by Gasteiger charge is -2.14. The summed E-state index contributed by atoms with van der Waals surface area (Å²) in [5.41, 5.74) is 0.936. The van der Waals surface area contributed by atoms with E-state index in [-0.39, 0.29) is 12.0 Å². The molecule has 74 valence electrons. The second kappa shape index (κ2) is 3.63. The molecule has 0 bridgehead atoms. The van der Waals surface area contributed by atoms with Gasteiger partial charge in [0.1, 0.15) is 11.2 Å². The summed E-state index contributed by atoms with van der Waals surface area (Å²) in [5.74, 6) is 0.0510. The molecule has 2 aromatic heterocycles. The van der Waals surface area contributed by atoms with E-state index in [2.05, 4.69) is 9.97 Å². The number of fused-ring (bicyclic) bond motifs is 1. The normalized spacial score (nSPS) is 15.6. The van der Waals surface area contributed by atoms with Gasteiger partial charge >= 0.3 is 0 Å². The Morgan fingerprint density at radius 1 is 1.36 bits per heavy atom. The predicted molar refractivity (Wildman–Crippen MR) is 57.5 cm³/mol. The maximum Gasteiger partial charge on any atom is 0.126 e. The average molecular weight is 208 g/mol. The Balaban J connectivity index is 2.56. The number of aliphatic hydroxyl groups excluding tert-OH is 1. The minimum Gasteiger partial charge on any atom is -0.393 e. The molecule has 14 heavy (non-hydrogen) atoms.